The summed E-state index contributed by atoms with van der Waals surface area (Å²) in [6, 6.07) is 0.765. The Morgan fingerprint density at radius 3 is 2.95 bits per heavy atom. The molecule has 3 rings (SSSR count). The predicted octanol–water partition coefficient (Wildman–Crippen LogP) is 2.82. The first-order valence-corrected chi connectivity index (χ1v) is 9.07. The van der Waals surface area contributed by atoms with E-state index < -0.39 is 0 Å². The first kappa shape index (κ1) is 15.3. The van der Waals surface area contributed by atoms with Gasteiger partial charge in [-0.05, 0) is 38.0 Å². The van der Waals surface area contributed by atoms with E-state index in [1.165, 1.54) is 41.4 Å². The second-order valence-corrected chi connectivity index (χ2v) is 7.35. The number of nitrogens with zero attached hydrogens (tertiary/aromatic N) is 2. The highest BCUT2D eigenvalue weighted by Gasteiger charge is 2.24. The quantitative estimate of drug-likeness (QED) is 0.840. The molecule has 21 heavy (non-hydrogen) atoms. The molecule has 1 unspecified atom stereocenters. The van der Waals surface area contributed by atoms with Crippen LogP contribution in [0.3, 0.4) is 0 Å². The summed E-state index contributed by atoms with van der Waals surface area (Å²) in [4.78, 5) is 8.82. The number of hydrogen-bond donors (Lipinski definition) is 1. The fourth-order valence-corrected chi connectivity index (χ4v) is 4.19. The molecule has 0 aromatic carbocycles. The molecule has 1 atom stereocenters. The summed E-state index contributed by atoms with van der Waals surface area (Å²) < 4.78 is 5.33. The van der Waals surface area contributed by atoms with Crippen LogP contribution in [0.5, 0.6) is 0 Å². The monoisotopic (exact) mass is 309 g/mol. The zero-order chi connectivity index (χ0) is 14.7. The van der Waals surface area contributed by atoms with Crippen molar-refractivity contribution >= 4 is 16.5 Å². The van der Waals surface area contributed by atoms with Crippen molar-refractivity contribution in [3.05, 3.63) is 10.6 Å². The lowest BCUT2D eigenvalue weighted by atomic mass is 9.99. The highest BCUT2D eigenvalue weighted by atomic mass is 32.1. The normalized spacial score (nSPS) is 22.8. The van der Waals surface area contributed by atoms with Gasteiger partial charge in [-0.25, -0.2) is 4.98 Å². The molecule has 1 aromatic rings. The zero-order valence-electron chi connectivity index (χ0n) is 13.2. The van der Waals surface area contributed by atoms with Crippen molar-refractivity contribution in [1.29, 1.82) is 0 Å². The topological polar surface area (TPSA) is 37.4 Å². The number of nitrogens with one attached hydrogen (secondary N) is 1. The Morgan fingerprint density at radius 1 is 1.38 bits per heavy atom. The average molecular weight is 309 g/mol. The molecule has 0 amide bonds. The Morgan fingerprint density at radius 2 is 2.24 bits per heavy atom. The maximum absolute atomic E-state index is 5.33. The van der Waals surface area contributed by atoms with Crippen molar-refractivity contribution in [3.8, 4) is 0 Å². The number of methoxy groups -OCH3 is 1. The Labute approximate surface area is 131 Å². The Kier molecular flexibility index (Phi) is 5.14. The summed E-state index contributed by atoms with van der Waals surface area (Å²) in [5.41, 5.74) is 1.29. The lowest BCUT2D eigenvalue weighted by Crippen LogP contribution is -2.37. The molecule has 0 bridgehead atoms. The summed E-state index contributed by atoms with van der Waals surface area (Å²) in [7, 11) is 1.80. The van der Waals surface area contributed by atoms with Crippen molar-refractivity contribution in [2.75, 3.05) is 31.7 Å². The van der Waals surface area contributed by atoms with Crippen LogP contribution in [-0.2, 0) is 17.7 Å². The van der Waals surface area contributed by atoms with Gasteiger partial charge in [-0.3, -0.25) is 0 Å². The first-order valence-electron chi connectivity index (χ1n) is 8.26. The first-order chi connectivity index (χ1) is 10.3. The molecule has 118 valence electrons. The van der Waals surface area contributed by atoms with E-state index in [1.807, 2.05) is 11.3 Å². The second-order valence-electron chi connectivity index (χ2n) is 6.28. The molecule has 2 fully saturated rings. The average Bonchev–Trinajstić information content (AvgIpc) is 3.24. The zero-order valence-corrected chi connectivity index (χ0v) is 14.0. The molecule has 1 aromatic heterocycles. The van der Waals surface area contributed by atoms with E-state index in [9.17, 15) is 0 Å². The van der Waals surface area contributed by atoms with E-state index in [4.69, 9.17) is 9.72 Å². The van der Waals surface area contributed by atoms with Crippen molar-refractivity contribution in [2.45, 2.75) is 51.6 Å². The molecule has 2 aliphatic rings. The van der Waals surface area contributed by atoms with E-state index in [1.54, 1.807) is 7.11 Å². The SMILES string of the molecule is CCc1nc(N2CCCC(COC)C2)sc1CNC1CC1. The highest BCUT2D eigenvalue weighted by molar-refractivity contribution is 7.15. The van der Waals surface area contributed by atoms with Gasteiger partial charge in [0.2, 0.25) is 0 Å². The van der Waals surface area contributed by atoms with Crippen LogP contribution in [0.25, 0.3) is 0 Å². The number of piperidine rings is 1. The van der Waals surface area contributed by atoms with E-state index in [2.05, 4.69) is 17.1 Å². The number of thiazole rings is 1. The Hall–Kier alpha value is -0.650. The molecule has 1 saturated carbocycles. The van der Waals surface area contributed by atoms with Gasteiger partial charge in [0.05, 0.1) is 12.3 Å². The fourth-order valence-electron chi connectivity index (χ4n) is 3.05. The van der Waals surface area contributed by atoms with E-state index >= 15 is 0 Å². The van der Waals surface area contributed by atoms with Crippen LogP contribution in [-0.4, -0.2) is 37.8 Å². The van der Waals surface area contributed by atoms with Crippen LogP contribution in [0.15, 0.2) is 0 Å². The molecular weight excluding hydrogens is 282 g/mol. The van der Waals surface area contributed by atoms with Gasteiger partial charge in [0.1, 0.15) is 0 Å². The Balaban J connectivity index is 1.65. The van der Waals surface area contributed by atoms with Crippen LogP contribution in [0.2, 0.25) is 0 Å². The maximum atomic E-state index is 5.33. The smallest absolute Gasteiger partial charge is 0.185 e. The van der Waals surface area contributed by atoms with Crippen LogP contribution < -0.4 is 10.2 Å². The molecule has 1 aliphatic carbocycles. The highest BCUT2D eigenvalue weighted by Crippen LogP contribution is 2.31. The van der Waals surface area contributed by atoms with Crippen molar-refractivity contribution in [3.63, 3.8) is 0 Å². The molecule has 4 nitrogen and oxygen atoms in total. The number of ether oxygens (including phenoxy) is 1. The van der Waals surface area contributed by atoms with Gasteiger partial charge in [-0.15, -0.1) is 11.3 Å². The van der Waals surface area contributed by atoms with Crippen molar-refractivity contribution in [2.24, 2.45) is 5.92 Å². The third-order valence-electron chi connectivity index (χ3n) is 4.42. The summed E-state index contributed by atoms with van der Waals surface area (Å²) in [5.74, 6) is 0.658. The number of aromatic nitrogens is 1. The van der Waals surface area contributed by atoms with Crippen molar-refractivity contribution in [1.82, 2.24) is 10.3 Å². The minimum Gasteiger partial charge on any atom is -0.384 e. The Bertz CT molecular complexity index is 456. The maximum Gasteiger partial charge on any atom is 0.185 e. The van der Waals surface area contributed by atoms with Gasteiger partial charge in [0, 0.05) is 37.7 Å². The summed E-state index contributed by atoms with van der Waals surface area (Å²) >= 11 is 1.89. The molecule has 1 aliphatic heterocycles. The number of anilines is 1. The minimum atomic E-state index is 0.658. The number of hydrogen-bond acceptors (Lipinski definition) is 5. The minimum absolute atomic E-state index is 0.658. The molecule has 1 N–H and O–H groups in total. The molecule has 5 heteroatoms. The predicted molar refractivity (Wildman–Crippen MR) is 88.2 cm³/mol. The summed E-state index contributed by atoms with van der Waals surface area (Å²) in [5, 5.41) is 4.85. The van der Waals surface area contributed by atoms with E-state index in [0.29, 0.717) is 5.92 Å². The second kappa shape index (κ2) is 7.07. The third-order valence-corrected chi connectivity index (χ3v) is 5.58. The largest absolute Gasteiger partial charge is 0.384 e. The standard InChI is InChI=1S/C16H27N3OS/c1-3-14-15(9-17-13-6-7-13)21-16(18-14)19-8-4-5-12(10-19)11-20-2/h12-13,17H,3-11H2,1-2H3. The van der Waals surface area contributed by atoms with Crippen LogP contribution in [0, 0.1) is 5.92 Å². The van der Waals surface area contributed by atoms with Crippen LogP contribution in [0.1, 0.15) is 43.2 Å². The van der Waals surface area contributed by atoms with Gasteiger partial charge in [-0.2, -0.15) is 0 Å². The van der Waals surface area contributed by atoms with E-state index in [0.717, 1.165) is 38.7 Å². The number of rotatable bonds is 7. The summed E-state index contributed by atoms with van der Waals surface area (Å²) in [6.07, 6.45) is 6.26. The fraction of sp³-hybridized carbons (Fsp3) is 0.812. The van der Waals surface area contributed by atoms with E-state index in [-0.39, 0.29) is 0 Å². The number of aryl methyl sites for hydroxylation is 1. The third kappa shape index (κ3) is 3.96. The lowest BCUT2D eigenvalue weighted by molar-refractivity contribution is 0.143. The van der Waals surface area contributed by atoms with Crippen molar-refractivity contribution < 1.29 is 4.74 Å². The molecule has 0 radical (unpaired) electrons. The lowest BCUT2D eigenvalue weighted by Gasteiger charge is -2.32. The van der Waals surface area contributed by atoms with Gasteiger partial charge < -0.3 is 15.0 Å². The summed E-state index contributed by atoms with van der Waals surface area (Å²) in [6.45, 7) is 6.33. The van der Waals surface area contributed by atoms with Gasteiger partial charge in [0.25, 0.3) is 0 Å². The van der Waals surface area contributed by atoms with Crippen LogP contribution in [0.4, 0.5) is 5.13 Å². The molecule has 1 saturated heterocycles. The molecule has 2 heterocycles. The van der Waals surface area contributed by atoms with Gasteiger partial charge >= 0.3 is 0 Å². The van der Waals surface area contributed by atoms with Gasteiger partial charge in [-0.1, -0.05) is 6.92 Å². The molecular formula is C16H27N3OS. The molecule has 0 spiro atoms. The van der Waals surface area contributed by atoms with Crippen LogP contribution >= 0.6 is 11.3 Å². The van der Waals surface area contributed by atoms with Gasteiger partial charge in [0.15, 0.2) is 5.13 Å².